The zero-order chi connectivity index (χ0) is 14.7. The lowest BCUT2D eigenvalue weighted by Gasteiger charge is -2.10. The average Bonchev–Trinajstić information content (AvgIpc) is 3.10. The van der Waals surface area contributed by atoms with Gasteiger partial charge in [-0.3, -0.25) is 0 Å². The SMILES string of the molecule is CCCC1CC1NC(=O)Nc1cc(C(=O)O)ccc1C. The molecule has 0 spiro atoms. The van der Waals surface area contributed by atoms with E-state index in [2.05, 4.69) is 17.6 Å². The van der Waals surface area contributed by atoms with E-state index in [1.165, 1.54) is 12.1 Å². The van der Waals surface area contributed by atoms with Crippen LogP contribution in [0, 0.1) is 12.8 Å². The van der Waals surface area contributed by atoms with Crippen LogP contribution in [0.15, 0.2) is 18.2 Å². The third kappa shape index (κ3) is 3.50. The maximum absolute atomic E-state index is 11.9. The highest BCUT2D eigenvalue weighted by molar-refractivity contribution is 5.94. The third-order valence-electron chi connectivity index (χ3n) is 3.63. The van der Waals surface area contributed by atoms with Crippen LogP contribution < -0.4 is 10.6 Å². The van der Waals surface area contributed by atoms with Gasteiger partial charge in [-0.15, -0.1) is 0 Å². The van der Waals surface area contributed by atoms with Crippen molar-refractivity contribution >= 4 is 17.7 Å². The predicted molar refractivity (Wildman–Crippen MR) is 77.1 cm³/mol. The zero-order valence-electron chi connectivity index (χ0n) is 11.8. The zero-order valence-corrected chi connectivity index (χ0v) is 11.8. The molecular weight excluding hydrogens is 256 g/mol. The number of amides is 2. The van der Waals surface area contributed by atoms with Crippen molar-refractivity contribution in [2.75, 3.05) is 5.32 Å². The fourth-order valence-electron chi connectivity index (χ4n) is 2.33. The van der Waals surface area contributed by atoms with Crippen LogP contribution in [0.5, 0.6) is 0 Å². The van der Waals surface area contributed by atoms with E-state index in [9.17, 15) is 9.59 Å². The summed E-state index contributed by atoms with van der Waals surface area (Å²) in [7, 11) is 0. The van der Waals surface area contributed by atoms with Crippen LogP contribution in [0.1, 0.15) is 42.1 Å². The minimum absolute atomic E-state index is 0.168. The number of anilines is 1. The normalized spacial score (nSPS) is 20.3. The molecule has 2 amide bonds. The number of nitrogens with one attached hydrogen (secondary N) is 2. The Labute approximate surface area is 118 Å². The molecule has 1 fully saturated rings. The van der Waals surface area contributed by atoms with E-state index in [0.29, 0.717) is 11.6 Å². The number of benzene rings is 1. The maximum Gasteiger partial charge on any atom is 0.335 e. The molecule has 0 aromatic heterocycles. The number of hydrogen-bond acceptors (Lipinski definition) is 2. The van der Waals surface area contributed by atoms with Gasteiger partial charge in [0.2, 0.25) is 0 Å². The predicted octanol–water partition coefficient (Wildman–Crippen LogP) is 3.00. The largest absolute Gasteiger partial charge is 0.478 e. The van der Waals surface area contributed by atoms with Crippen LogP contribution in [0.4, 0.5) is 10.5 Å². The minimum Gasteiger partial charge on any atom is -0.478 e. The maximum atomic E-state index is 11.9. The van der Waals surface area contributed by atoms with Crippen molar-refractivity contribution < 1.29 is 14.7 Å². The van der Waals surface area contributed by atoms with Crippen LogP contribution in [0.25, 0.3) is 0 Å². The Kier molecular flexibility index (Phi) is 4.27. The van der Waals surface area contributed by atoms with Crippen molar-refractivity contribution in [2.45, 2.75) is 39.2 Å². The highest BCUT2D eigenvalue weighted by atomic mass is 16.4. The standard InChI is InChI=1S/C15H20N2O3/c1-3-4-10-7-13(10)17-15(20)16-12-8-11(14(18)19)6-5-9(12)2/h5-6,8,10,13H,3-4,7H2,1-2H3,(H,18,19)(H2,16,17,20). The molecule has 0 bridgehead atoms. The Morgan fingerprint density at radius 2 is 2.15 bits per heavy atom. The Hall–Kier alpha value is -2.04. The van der Waals surface area contributed by atoms with E-state index >= 15 is 0 Å². The topological polar surface area (TPSA) is 78.4 Å². The molecule has 1 aliphatic rings. The van der Waals surface area contributed by atoms with E-state index in [1.807, 2.05) is 6.92 Å². The molecule has 0 saturated heterocycles. The van der Waals surface area contributed by atoms with Crippen molar-refractivity contribution in [1.82, 2.24) is 5.32 Å². The van der Waals surface area contributed by atoms with Crippen molar-refractivity contribution in [2.24, 2.45) is 5.92 Å². The summed E-state index contributed by atoms with van der Waals surface area (Å²) in [5.74, 6) is -0.407. The number of carbonyl (C=O) groups is 2. The van der Waals surface area contributed by atoms with E-state index < -0.39 is 5.97 Å². The monoisotopic (exact) mass is 276 g/mol. The lowest BCUT2D eigenvalue weighted by Crippen LogP contribution is -2.31. The van der Waals surface area contributed by atoms with Crippen molar-refractivity contribution in [3.05, 3.63) is 29.3 Å². The third-order valence-corrected chi connectivity index (χ3v) is 3.63. The van der Waals surface area contributed by atoms with Gasteiger partial charge in [-0.2, -0.15) is 0 Å². The fraction of sp³-hybridized carbons (Fsp3) is 0.467. The summed E-state index contributed by atoms with van der Waals surface area (Å²) in [6.07, 6.45) is 3.30. The quantitative estimate of drug-likeness (QED) is 0.773. The Balaban J connectivity index is 1.94. The highest BCUT2D eigenvalue weighted by Gasteiger charge is 2.37. The fourth-order valence-corrected chi connectivity index (χ4v) is 2.33. The van der Waals surface area contributed by atoms with Gasteiger partial charge in [-0.05, 0) is 43.4 Å². The second-order valence-corrected chi connectivity index (χ2v) is 5.32. The number of carbonyl (C=O) groups excluding carboxylic acids is 1. The summed E-state index contributed by atoms with van der Waals surface area (Å²) in [5, 5.41) is 14.6. The molecule has 0 heterocycles. The number of rotatable bonds is 5. The molecule has 1 aliphatic carbocycles. The molecule has 2 rings (SSSR count). The van der Waals surface area contributed by atoms with Gasteiger partial charge in [0.15, 0.2) is 0 Å². The number of hydrogen-bond donors (Lipinski definition) is 3. The second kappa shape index (κ2) is 5.94. The summed E-state index contributed by atoms with van der Waals surface area (Å²) in [6.45, 7) is 3.97. The molecule has 108 valence electrons. The lowest BCUT2D eigenvalue weighted by molar-refractivity contribution is 0.0697. The highest BCUT2D eigenvalue weighted by Crippen LogP contribution is 2.34. The smallest absolute Gasteiger partial charge is 0.335 e. The first kappa shape index (κ1) is 14.4. The molecule has 3 N–H and O–H groups in total. The molecule has 1 saturated carbocycles. The van der Waals surface area contributed by atoms with Crippen LogP contribution in [0.3, 0.4) is 0 Å². The Morgan fingerprint density at radius 1 is 1.40 bits per heavy atom. The molecule has 0 radical (unpaired) electrons. The minimum atomic E-state index is -1.00. The van der Waals surface area contributed by atoms with E-state index in [1.54, 1.807) is 6.07 Å². The van der Waals surface area contributed by atoms with Gasteiger partial charge in [-0.1, -0.05) is 19.4 Å². The first-order valence-electron chi connectivity index (χ1n) is 6.92. The van der Waals surface area contributed by atoms with Crippen LogP contribution in [-0.2, 0) is 0 Å². The number of aryl methyl sites for hydroxylation is 1. The molecule has 2 unspecified atom stereocenters. The lowest BCUT2D eigenvalue weighted by atomic mass is 10.1. The number of carboxylic acid groups (broad SMARTS) is 1. The molecule has 2 atom stereocenters. The van der Waals surface area contributed by atoms with Gasteiger partial charge in [0.05, 0.1) is 5.56 Å². The Morgan fingerprint density at radius 3 is 2.80 bits per heavy atom. The van der Waals surface area contributed by atoms with Gasteiger partial charge in [-0.25, -0.2) is 9.59 Å². The van der Waals surface area contributed by atoms with E-state index in [-0.39, 0.29) is 17.6 Å². The van der Waals surface area contributed by atoms with Crippen LogP contribution in [0.2, 0.25) is 0 Å². The first-order valence-corrected chi connectivity index (χ1v) is 6.92. The van der Waals surface area contributed by atoms with Crippen LogP contribution >= 0.6 is 0 Å². The second-order valence-electron chi connectivity index (χ2n) is 5.32. The summed E-state index contributed by atoms with van der Waals surface area (Å²) < 4.78 is 0. The van der Waals surface area contributed by atoms with Gasteiger partial charge >= 0.3 is 12.0 Å². The number of aromatic carboxylic acids is 1. The van der Waals surface area contributed by atoms with Gasteiger partial charge < -0.3 is 15.7 Å². The van der Waals surface area contributed by atoms with Gasteiger partial charge in [0, 0.05) is 11.7 Å². The molecule has 0 aliphatic heterocycles. The van der Waals surface area contributed by atoms with Crippen LogP contribution in [-0.4, -0.2) is 23.1 Å². The number of urea groups is 1. The average molecular weight is 276 g/mol. The Bertz CT molecular complexity index is 528. The summed E-state index contributed by atoms with van der Waals surface area (Å²) in [4.78, 5) is 22.8. The molecule has 20 heavy (non-hydrogen) atoms. The molecule has 1 aromatic rings. The van der Waals surface area contributed by atoms with Gasteiger partial charge in [0.25, 0.3) is 0 Å². The molecule has 5 nitrogen and oxygen atoms in total. The van der Waals surface area contributed by atoms with Crippen molar-refractivity contribution in [3.63, 3.8) is 0 Å². The van der Waals surface area contributed by atoms with Crippen molar-refractivity contribution in [1.29, 1.82) is 0 Å². The van der Waals surface area contributed by atoms with E-state index in [4.69, 9.17) is 5.11 Å². The summed E-state index contributed by atoms with van der Waals surface area (Å²) >= 11 is 0. The molecule has 1 aromatic carbocycles. The first-order chi connectivity index (χ1) is 9.51. The summed E-state index contributed by atoms with van der Waals surface area (Å²) in [5.41, 5.74) is 1.54. The van der Waals surface area contributed by atoms with Crippen molar-refractivity contribution in [3.8, 4) is 0 Å². The molecular formula is C15H20N2O3. The summed E-state index contributed by atoms with van der Waals surface area (Å²) in [6, 6.07) is 4.69. The number of carboxylic acids is 1. The van der Waals surface area contributed by atoms with Gasteiger partial charge in [0.1, 0.15) is 0 Å². The van der Waals surface area contributed by atoms with E-state index in [0.717, 1.165) is 24.8 Å². The molecule has 5 heteroatoms.